The first-order chi connectivity index (χ1) is 14.5. The van der Waals surface area contributed by atoms with Gasteiger partial charge in [-0.25, -0.2) is 16.8 Å². The molecule has 2 aromatic carbocycles. The third kappa shape index (κ3) is 6.94. The fourth-order valence-corrected chi connectivity index (χ4v) is 4.60. The Labute approximate surface area is 238 Å². The summed E-state index contributed by atoms with van der Waals surface area (Å²) in [5, 5.41) is 28.4. The van der Waals surface area contributed by atoms with Gasteiger partial charge in [-0.2, -0.15) is 13.5 Å². The number of azo groups is 1. The number of benzene rings is 2. The average molecular weight is 550 g/mol. The van der Waals surface area contributed by atoms with E-state index in [2.05, 4.69) is 10.2 Å². The fourth-order valence-electron chi connectivity index (χ4n) is 2.94. The third-order valence-electron chi connectivity index (χ3n) is 4.33. The molecular formula is C16H12N2Na2O11S3. The van der Waals surface area contributed by atoms with Gasteiger partial charge in [-0.3, -0.25) is 4.55 Å². The first kappa shape index (κ1) is 31.3. The summed E-state index contributed by atoms with van der Waals surface area (Å²) in [5.41, 5.74) is -3.74. The minimum atomic E-state index is -5.16. The first-order valence-corrected chi connectivity index (χ1v) is 12.5. The predicted octanol–water partition coefficient (Wildman–Crippen LogP) is -5.23. The maximum atomic E-state index is 11.5. The van der Waals surface area contributed by atoms with Gasteiger partial charge < -0.3 is 19.3 Å². The van der Waals surface area contributed by atoms with Crippen LogP contribution >= 0.6 is 0 Å². The molecular weight excluding hydrogens is 538 g/mol. The van der Waals surface area contributed by atoms with Crippen LogP contribution in [-0.4, -0.2) is 49.1 Å². The molecule has 0 radical (unpaired) electrons. The van der Waals surface area contributed by atoms with E-state index in [9.17, 15) is 44.6 Å². The van der Waals surface area contributed by atoms with Crippen molar-refractivity contribution in [1.82, 2.24) is 0 Å². The van der Waals surface area contributed by atoms with Gasteiger partial charge in [-0.15, -0.1) is 5.11 Å². The number of phenols is 1. The monoisotopic (exact) mass is 550 g/mol. The van der Waals surface area contributed by atoms with Gasteiger partial charge in [0.1, 0.15) is 26.0 Å². The molecule has 172 valence electrons. The first-order valence-electron chi connectivity index (χ1n) is 8.23. The number of aliphatic hydroxyl groups is 1. The van der Waals surface area contributed by atoms with Crippen LogP contribution in [0.25, 0.3) is 6.08 Å². The van der Waals surface area contributed by atoms with Crippen LogP contribution in [0.3, 0.4) is 0 Å². The van der Waals surface area contributed by atoms with E-state index in [1.54, 1.807) is 0 Å². The van der Waals surface area contributed by atoms with Crippen molar-refractivity contribution in [2.24, 2.45) is 10.2 Å². The van der Waals surface area contributed by atoms with Crippen molar-refractivity contribution in [3.63, 3.8) is 0 Å². The van der Waals surface area contributed by atoms with Crippen molar-refractivity contribution < 1.29 is 108 Å². The summed E-state index contributed by atoms with van der Waals surface area (Å²) in [4.78, 5) is -2.34. The van der Waals surface area contributed by atoms with Crippen LogP contribution in [0, 0.1) is 0 Å². The quantitative estimate of drug-likeness (QED) is 0.181. The normalized spacial score (nSPS) is 18.4. The van der Waals surface area contributed by atoms with Gasteiger partial charge >= 0.3 is 59.1 Å². The Hall–Kier alpha value is -0.730. The van der Waals surface area contributed by atoms with E-state index in [-0.39, 0.29) is 64.8 Å². The van der Waals surface area contributed by atoms with Gasteiger partial charge in [-0.1, -0.05) is 0 Å². The zero-order chi connectivity index (χ0) is 24.1. The Morgan fingerprint density at radius 1 is 0.882 bits per heavy atom. The maximum Gasteiger partial charge on any atom is 1.00 e. The molecule has 34 heavy (non-hydrogen) atoms. The summed E-state index contributed by atoms with van der Waals surface area (Å²) in [5.74, 6) is -0.932. The molecule has 1 atom stereocenters. The molecule has 0 spiro atoms. The van der Waals surface area contributed by atoms with Crippen LogP contribution in [0.2, 0.25) is 0 Å². The fraction of sp³-hybridized carbons (Fsp3) is 0.125. The second kappa shape index (κ2) is 10.7. The topological polar surface area (TPSA) is 234 Å². The zero-order valence-corrected chi connectivity index (χ0v) is 23.9. The van der Waals surface area contributed by atoms with Gasteiger partial charge in [-0.05, 0) is 48.0 Å². The van der Waals surface area contributed by atoms with Crippen LogP contribution in [-0.2, 0) is 36.1 Å². The van der Waals surface area contributed by atoms with Crippen molar-refractivity contribution in [2.45, 2.75) is 21.9 Å². The van der Waals surface area contributed by atoms with Gasteiger partial charge in [0.2, 0.25) is 5.72 Å². The summed E-state index contributed by atoms with van der Waals surface area (Å²) in [6, 6.07) is 5.25. The van der Waals surface area contributed by atoms with E-state index < -0.39 is 74.1 Å². The van der Waals surface area contributed by atoms with E-state index >= 15 is 0 Å². The van der Waals surface area contributed by atoms with Crippen LogP contribution < -0.4 is 59.1 Å². The number of phenolic OH excluding ortho intramolecular Hbond substituents is 1. The van der Waals surface area contributed by atoms with Crippen LogP contribution in [0.4, 0.5) is 5.69 Å². The van der Waals surface area contributed by atoms with Crippen molar-refractivity contribution in [2.75, 3.05) is 0 Å². The minimum absolute atomic E-state index is 0. The number of hydrogen-bond acceptors (Lipinski definition) is 12. The average Bonchev–Trinajstić information content (AvgIpc) is 2.64. The molecule has 0 saturated heterocycles. The molecule has 0 aliphatic heterocycles. The molecule has 1 aliphatic carbocycles. The number of nitrogens with zero attached hydrogens (tertiary/aromatic N) is 2. The number of aromatic hydroxyl groups is 1. The Morgan fingerprint density at radius 2 is 1.44 bits per heavy atom. The van der Waals surface area contributed by atoms with E-state index in [1.165, 1.54) is 0 Å². The summed E-state index contributed by atoms with van der Waals surface area (Å²) in [7, 11) is -14.7. The van der Waals surface area contributed by atoms with Crippen LogP contribution in [0.15, 0.2) is 61.3 Å². The minimum Gasteiger partial charge on any atom is -0.744 e. The molecule has 1 aliphatic rings. The Morgan fingerprint density at radius 3 is 1.91 bits per heavy atom. The Balaban J connectivity index is 0.00000289. The van der Waals surface area contributed by atoms with E-state index in [1.807, 2.05) is 0 Å². The molecule has 0 saturated carbocycles. The molecule has 3 N–H and O–H groups in total. The molecule has 0 bridgehead atoms. The summed E-state index contributed by atoms with van der Waals surface area (Å²) in [6.07, 6.45) is -0.285. The molecule has 0 fully saturated rings. The molecule has 3 rings (SSSR count). The van der Waals surface area contributed by atoms with E-state index in [0.29, 0.717) is 18.2 Å². The second-order valence-corrected chi connectivity index (χ2v) is 10.8. The van der Waals surface area contributed by atoms with E-state index in [0.717, 1.165) is 24.3 Å². The van der Waals surface area contributed by atoms with Crippen molar-refractivity contribution in [1.29, 1.82) is 0 Å². The number of fused-ring (bicyclic) bond motifs is 1. The van der Waals surface area contributed by atoms with Crippen molar-refractivity contribution in [3.8, 4) is 5.75 Å². The molecule has 0 amide bonds. The summed E-state index contributed by atoms with van der Waals surface area (Å²) < 4.78 is 99.6. The predicted molar refractivity (Wildman–Crippen MR) is 103 cm³/mol. The molecule has 0 aromatic heterocycles. The molecule has 2 aromatic rings. The van der Waals surface area contributed by atoms with E-state index in [4.69, 9.17) is 4.55 Å². The smallest absolute Gasteiger partial charge is 0.744 e. The SMILES string of the molecule is O=S(=O)([O-])C1=Cc2cc(S(=O)(=O)[O-])cc(O)c2C(O)(N=Nc2ccc(S(=O)(=O)O)cc2)C1.[Na+].[Na+]. The molecule has 0 heterocycles. The summed E-state index contributed by atoms with van der Waals surface area (Å²) >= 11 is 0. The Bertz CT molecular complexity index is 1490. The van der Waals surface area contributed by atoms with Crippen molar-refractivity contribution in [3.05, 3.63) is 52.4 Å². The van der Waals surface area contributed by atoms with Gasteiger partial charge in [0.25, 0.3) is 10.1 Å². The number of hydrogen-bond donors (Lipinski definition) is 3. The number of rotatable bonds is 5. The molecule has 13 nitrogen and oxygen atoms in total. The molecule has 18 heteroatoms. The van der Waals surface area contributed by atoms with Gasteiger partial charge in [0.15, 0.2) is 0 Å². The maximum absolute atomic E-state index is 11.5. The van der Waals surface area contributed by atoms with Crippen molar-refractivity contribution >= 4 is 42.1 Å². The molecule has 1 unspecified atom stereocenters. The zero-order valence-electron chi connectivity index (χ0n) is 17.5. The standard InChI is InChI=1S/C16H14N2O11S3.2Na/c19-14-7-12(31(24,25)26)5-9-6-13(32(27,28)29)8-16(20,15(9)14)18-17-10-1-3-11(4-2-10)30(21,22)23;;/h1-7,19-20H,8H2,(H,21,22,23)(H,24,25,26)(H,27,28,29);;/q;2*+1/p-2. The van der Waals surface area contributed by atoms with Crippen LogP contribution in [0.5, 0.6) is 5.75 Å². The summed E-state index contributed by atoms with van der Waals surface area (Å²) in [6.45, 7) is 0. The van der Waals surface area contributed by atoms with Crippen LogP contribution in [0.1, 0.15) is 17.5 Å². The Kier molecular flexibility index (Phi) is 9.86. The largest absolute Gasteiger partial charge is 1.00 e. The van der Waals surface area contributed by atoms with Gasteiger partial charge in [0, 0.05) is 11.3 Å². The second-order valence-electron chi connectivity index (χ2n) is 6.59. The van der Waals surface area contributed by atoms with Gasteiger partial charge in [0.05, 0.1) is 21.0 Å². The third-order valence-corrected chi connectivity index (χ3v) is 6.92.